The molecule has 1 aromatic carbocycles. The van der Waals surface area contributed by atoms with E-state index >= 15 is 0 Å². The van der Waals surface area contributed by atoms with E-state index in [-0.39, 0.29) is 17.9 Å². The molecule has 4 heterocycles. The summed E-state index contributed by atoms with van der Waals surface area (Å²) in [5.74, 6) is 0.652. The second-order valence-corrected chi connectivity index (χ2v) is 11.3. The van der Waals surface area contributed by atoms with E-state index in [0.29, 0.717) is 45.0 Å². The van der Waals surface area contributed by atoms with Gasteiger partial charge in [0.15, 0.2) is 0 Å². The number of sulfonamides is 1. The van der Waals surface area contributed by atoms with Gasteiger partial charge in [-0.3, -0.25) is 4.79 Å². The number of rotatable bonds is 6. The molecule has 0 aliphatic carbocycles. The smallest absolute Gasteiger partial charge is 0.241 e. The highest BCUT2D eigenvalue weighted by Crippen LogP contribution is 2.31. The van der Waals surface area contributed by atoms with Crippen LogP contribution in [0.3, 0.4) is 0 Å². The van der Waals surface area contributed by atoms with E-state index in [9.17, 15) is 13.2 Å². The van der Waals surface area contributed by atoms with Crippen molar-refractivity contribution in [3.05, 3.63) is 36.7 Å². The number of piperazine rings is 1. The molecule has 0 spiro atoms. The first-order chi connectivity index (χ1) is 16.7. The molecule has 0 saturated carbocycles. The van der Waals surface area contributed by atoms with Gasteiger partial charge in [-0.2, -0.15) is 4.31 Å². The van der Waals surface area contributed by atoms with Crippen molar-refractivity contribution >= 4 is 32.7 Å². The molecule has 0 bridgehead atoms. The Balaban J connectivity index is 1.37. The molecule has 3 aromatic rings. The van der Waals surface area contributed by atoms with Crippen LogP contribution in [0.5, 0.6) is 5.88 Å². The van der Waals surface area contributed by atoms with Crippen LogP contribution in [0.25, 0.3) is 22.3 Å². The highest BCUT2D eigenvalue weighted by molar-refractivity contribution is 7.88. The first-order valence-corrected chi connectivity index (χ1v) is 13.6. The van der Waals surface area contributed by atoms with E-state index in [1.807, 2.05) is 48.9 Å². The Bertz CT molecular complexity index is 1350. The first-order valence-electron chi connectivity index (χ1n) is 11.7. The van der Waals surface area contributed by atoms with Gasteiger partial charge in [0.2, 0.25) is 21.8 Å². The fourth-order valence-electron chi connectivity index (χ4n) is 4.72. The summed E-state index contributed by atoms with van der Waals surface area (Å²) in [6.07, 6.45) is 3.28. The molecule has 2 aliphatic rings. The molecular formula is C24H30N6O4S. The summed E-state index contributed by atoms with van der Waals surface area (Å²) in [6, 6.07) is 10.1. The lowest BCUT2D eigenvalue weighted by molar-refractivity contribution is -0.119. The van der Waals surface area contributed by atoms with Crippen LogP contribution in [-0.2, 0) is 21.9 Å². The minimum atomic E-state index is -3.15. The molecule has 2 fully saturated rings. The van der Waals surface area contributed by atoms with Crippen molar-refractivity contribution in [2.45, 2.75) is 19.4 Å². The number of pyridine rings is 1. The maximum Gasteiger partial charge on any atom is 0.241 e. The molecule has 2 saturated heterocycles. The molecule has 1 amide bonds. The van der Waals surface area contributed by atoms with Crippen LogP contribution in [0, 0.1) is 5.92 Å². The molecule has 5 rings (SSSR count). The quantitative estimate of drug-likeness (QED) is 0.550. The summed E-state index contributed by atoms with van der Waals surface area (Å²) >= 11 is 0. The van der Waals surface area contributed by atoms with Crippen LogP contribution in [0.2, 0.25) is 0 Å². The Morgan fingerprint density at radius 2 is 1.86 bits per heavy atom. The van der Waals surface area contributed by atoms with E-state index in [2.05, 4.69) is 15.2 Å². The molecule has 1 unspecified atom stereocenters. The molecule has 2 aliphatic heterocycles. The predicted molar refractivity (Wildman–Crippen MR) is 134 cm³/mol. The number of carbonyl (C=O) groups excluding carboxylic acids is 1. The van der Waals surface area contributed by atoms with Crippen molar-refractivity contribution < 1.29 is 17.9 Å². The third kappa shape index (κ3) is 4.83. The van der Waals surface area contributed by atoms with Gasteiger partial charge in [0.25, 0.3) is 0 Å². The third-order valence-electron chi connectivity index (χ3n) is 6.87. The zero-order valence-electron chi connectivity index (χ0n) is 20.1. The highest BCUT2D eigenvalue weighted by atomic mass is 32.2. The fraction of sp³-hybridized carbons (Fsp3) is 0.458. The number of anilines is 1. The lowest BCUT2D eigenvalue weighted by Gasteiger charge is -2.34. The molecule has 35 heavy (non-hydrogen) atoms. The SMILES string of the molecule is CC(Oc1nc(-c2ccc(N3CCN(S(C)(=O)=O)CC3)cc2)cc2ncn(C)c12)[C@H]1CNC(=O)C1. The largest absolute Gasteiger partial charge is 0.473 e. The van der Waals surface area contributed by atoms with Crippen LogP contribution in [0.15, 0.2) is 36.7 Å². The Labute approximate surface area is 205 Å². The van der Waals surface area contributed by atoms with Gasteiger partial charge in [-0.05, 0) is 25.1 Å². The maximum absolute atomic E-state index is 11.8. The number of aromatic nitrogens is 3. The Hall–Kier alpha value is -3.18. The molecule has 0 radical (unpaired) electrons. The minimum Gasteiger partial charge on any atom is -0.473 e. The molecule has 186 valence electrons. The normalized spacial score (nSPS) is 20.3. The Morgan fingerprint density at radius 3 is 2.49 bits per heavy atom. The molecule has 1 N–H and O–H groups in total. The number of amides is 1. The van der Waals surface area contributed by atoms with Crippen LogP contribution in [0.1, 0.15) is 13.3 Å². The summed E-state index contributed by atoms with van der Waals surface area (Å²) in [6.45, 7) is 4.85. The van der Waals surface area contributed by atoms with E-state index < -0.39 is 10.0 Å². The second-order valence-electron chi connectivity index (χ2n) is 9.32. The molecule has 10 nitrogen and oxygen atoms in total. The fourth-order valence-corrected chi connectivity index (χ4v) is 5.55. The lowest BCUT2D eigenvalue weighted by Crippen LogP contribution is -2.48. The van der Waals surface area contributed by atoms with Gasteiger partial charge in [-0.1, -0.05) is 12.1 Å². The molecule has 11 heteroatoms. The Morgan fingerprint density at radius 1 is 1.14 bits per heavy atom. The van der Waals surface area contributed by atoms with E-state index in [4.69, 9.17) is 9.72 Å². The van der Waals surface area contributed by atoms with Gasteiger partial charge < -0.3 is 19.5 Å². The van der Waals surface area contributed by atoms with Crippen molar-refractivity contribution in [2.24, 2.45) is 13.0 Å². The van der Waals surface area contributed by atoms with Gasteiger partial charge in [0.1, 0.15) is 11.6 Å². The summed E-state index contributed by atoms with van der Waals surface area (Å²) in [7, 11) is -1.24. The number of hydrogen-bond donors (Lipinski definition) is 1. The predicted octanol–water partition coefficient (Wildman–Crippen LogP) is 1.62. The molecule has 2 atom stereocenters. The van der Waals surface area contributed by atoms with E-state index in [1.54, 1.807) is 6.33 Å². The zero-order chi connectivity index (χ0) is 24.7. The van der Waals surface area contributed by atoms with Gasteiger partial charge in [-0.15, -0.1) is 0 Å². The topological polar surface area (TPSA) is 110 Å². The number of fused-ring (bicyclic) bond motifs is 1. The van der Waals surface area contributed by atoms with Gasteiger partial charge >= 0.3 is 0 Å². The minimum absolute atomic E-state index is 0.0515. The average molecular weight is 499 g/mol. The van der Waals surface area contributed by atoms with E-state index in [1.165, 1.54) is 10.6 Å². The average Bonchev–Trinajstić information content (AvgIpc) is 3.44. The van der Waals surface area contributed by atoms with Crippen LogP contribution in [-0.4, -0.2) is 78.2 Å². The van der Waals surface area contributed by atoms with Gasteiger partial charge in [0, 0.05) is 63.4 Å². The third-order valence-corrected chi connectivity index (χ3v) is 8.17. The number of carbonyl (C=O) groups is 1. The number of benzene rings is 1. The maximum atomic E-state index is 11.8. The van der Waals surface area contributed by atoms with Crippen molar-refractivity contribution in [3.63, 3.8) is 0 Å². The van der Waals surface area contributed by atoms with Crippen molar-refractivity contribution in [1.29, 1.82) is 0 Å². The van der Waals surface area contributed by atoms with Gasteiger partial charge in [-0.25, -0.2) is 18.4 Å². The summed E-state index contributed by atoms with van der Waals surface area (Å²) in [5, 5.41) is 2.87. The number of hydrogen-bond acceptors (Lipinski definition) is 7. The standard InChI is InChI=1S/C24H30N6O4S/c1-16(18-12-22(31)25-14-18)34-24-23-21(26-15-28(23)2)13-20(27-24)17-4-6-19(7-5-17)29-8-10-30(11-9-29)35(3,32)33/h4-7,13,15-16,18H,8-12,14H2,1-3H3,(H,25,31)/t16?,18-/m1/s1. The number of nitrogens with one attached hydrogen (secondary N) is 1. The van der Waals surface area contributed by atoms with Crippen LogP contribution >= 0.6 is 0 Å². The number of nitrogens with zero attached hydrogens (tertiary/aromatic N) is 5. The van der Waals surface area contributed by atoms with E-state index in [0.717, 1.165) is 28.0 Å². The monoisotopic (exact) mass is 498 g/mol. The van der Waals surface area contributed by atoms with Gasteiger partial charge in [0.05, 0.1) is 23.8 Å². The zero-order valence-corrected chi connectivity index (χ0v) is 21.0. The Kier molecular flexibility index (Phi) is 6.14. The van der Waals surface area contributed by atoms with Crippen LogP contribution < -0.4 is 15.0 Å². The number of aryl methyl sites for hydroxylation is 1. The summed E-state index contributed by atoms with van der Waals surface area (Å²) in [4.78, 5) is 23.2. The summed E-state index contributed by atoms with van der Waals surface area (Å²) in [5.41, 5.74) is 4.35. The van der Waals surface area contributed by atoms with Crippen LogP contribution in [0.4, 0.5) is 5.69 Å². The van der Waals surface area contributed by atoms with Crippen molar-refractivity contribution in [3.8, 4) is 17.1 Å². The number of imidazole rings is 1. The second kappa shape index (κ2) is 9.12. The highest BCUT2D eigenvalue weighted by Gasteiger charge is 2.29. The summed E-state index contributed by atoms with van der Waals surface area (Å²) < 4.78 is 33.3. The van der Waals surface area contributed by atoms with Crippen molar-refractivity contribution in [1.82, 2.24) is 24.2 Å². The lowest BCUT2D eigenvalue weighted by atomic mass is 10.0. The van der Waals surface area contributed by atoms with Crippen molar-refractivity contribution in [2.75, 3.05) is 43.9 Å². The molecular weight excluding hydrogens is 468 g/mol. The molecule has 2 aromatic heterocycles. The number of ether oxygens (including phenoxy) is 1. The first kappa shape index (κ1) is 23.6.